The number of rotatable bonds is 8. The van der Waals surface area contributed by atoms with Gasteiger partial charge >= 0.3 is 0 Å². The maximum Gasteiger partial charge on any atom is 0.251 e. The van der Waals surface area contributed by atoms with Crippen LogP contribution >= 0.6 is 27.3 Å². The zero-order valence-electron chi connectivity index (χ0n) is 17.7. The molecule has 162 valence electrons. The number of nitrogens with one attached hydrogen (secondary N) is 2. The van der Waals surface area contributed by atoms with Gasteiger partial charge in [0.25, 0.3) is 5.91 Å². The monoisotopic (exact) mass is 500 g/mol. The molecular weight excluding hydrogens is 476 g/mol. The predicted molar refractivity (Wildman–Crippen MR) is 128 cm³/mol. The van der Waals surface area contributed by atoms with E-state index in [1.54, 1.807) is 12.1 Å². The van der Waals surface area contributed by atoms with Crippen LogP contribution in [-0.2, 0) is 11.2 Å². The van der Waals surface area contributed by atoms with Crippen LogP contribution in [0.4, 0.5) is 5.13 Å². The molecule has 0 spiro atoms. The van der Waals surface area contributed by atoms with E-state index in [0.717, 1.165) is 28.4 Å². The number of carbonyl (C=O) groups excluding carboxylic acids is 2. The molecule has 6 nitrogen and oxygen atoms in total. The summed E-state index contributed by atoms with van der Waals surface area (Å²) in [6.45, 7) is 6.00. The Labute approximate surface area is 194 Å². The molecule has 0 saturated heterocycles. The van der Waals surface area contributed by atoms with E-state index >= 15 is 0 Å². The zero-order valence-corrected chi connectivity index (χ0v) is 20.1. The highest BCUT2D eigenvalue weighted by molar-refractivity contribution is 9.10. The van der Waals surface area contributed by atoms with Crippen LogP contribution in [0, 0.1) is 5.92 Å². The summed E-state index contributed by atoms with van der Waals surface area (Å²) in [5, 5.41) is 15.1. The van der Waals surface area contributed by atoms with Crippen molar-refractivity contribution in [3.05, 3.63) is 64.1 Å². The Morgan fingerprint density at radius 1 is 1.03 bits per heavy atom. The summed E-state index contributed by atoms with van der Waals surface area (Å²) in [5.41, 5.74) is 2.61. The van der Waals surface area contributed by atoms with Crippen molar-refractivity contribution in [2.24, 2.45) is 5.92 Å². The number of hydrogen-bond donors (Lipinski definition) is 2. The molecule has 0 radical (unpaired) electrons. The molecule has 0 aliphatic rings. The van der Waals surface area contributed by atoms with Gasteiger partial charge in [-0.1, -0.05) is 78.7 Å². The van der Waals surface area contributed by atoms with Crippen LogP contribution < -0.4 is 10.6 Å². The van der Waals surface area contributed by atoms with Gasteiger partial charge in [-0.15, -0.1) is 10.2 Å². The molecule has 2 atom stereocenters. The highest BCUT2D eigenvalue weighted by Crippen LogP contribution is 2.27. The summed E-state index contributed by atoms with van der Waals surface area (Å²) in [7, 11) is 0. The van der Waals surface area contributed by atoms with Crippen molar-refractivity contribution >= 4 is 44.2 Å². The molecular formula is C23H25BrN4O2S. The van der Waals surface area contributed by atoms with Crippen molar-refractivity contribution in [1.82, 2.24) is 15.5 Å². The molecule has 31 heavy (non-hydrogen) atoms. The minimum Gasteiger partial charge on any atom is -0.340 e. The summed E-state index contributed by atoms with van der Waals surface area (Å²) in [5.74, 6) is -0.611. The van der Waals surface area contributed by atoms with Crippen molar-refractivity contribution in [2.75, 3.05) is 5.32 Å². The second-order valence-corrected chi connectivity index (χ2v) is 9.19. The third kappa shape index (κ3) is 5.98. The number of nitrogens with zero attached hydrogens (tertiary/aromatic N) is 2. The Morgan fingerprint density at radius 2 is 1.71 bits per heavy atom. The summed E-state index contributed by atoms with van der Waals surface area (Å²) in [6.07, 6.45) is 1.65. The molecule has 3 rings (SSSR count). The average Bonchev–Trinajstić information content (AvgIpc) is 3.25. The lowest BCUT2D eigenvalue weighted by Gasteiger charge is -2.23. The van der Waals surface area contributed by atoms with E-state index < -0.39 is 6.04 Å². The molecule has 0 saturated carbocycles. The lowest BCUT2D eigenvalue weighted by Crippen LogP contribution is -2.47. The Bertz CT molecular complexity index is 1030. The first-order valence-corrected chi connectivity index (χ1v) is 11.8. The summed E-state index contributed by atoms with van der Waals surface area (Å²) in [6, 6.07) is 14.5. The van der Waals surface area contributed by atoms with Gasteiger partial charge in [0, 0.05) is 15.6 Å². The SMILES string of the molecule is CCc1ccc(C(=O)NC(C(=O)Nc2nnc(-c3ccc(Br)cc3)s2)C(C)CC)cc1. The van der Waals surface area contributed by atoms with Crippen molar-refractivity contribution in [3.63, 3.8) is 0 Å². The minimum absolute atomic E-state index is 0.0438. The number of halogens is 1. The van der Waals surface area contributed by atoms with E-state index in [-0.39, 0.29) is 17.7 Å². The summed E-state index contributed by atoms with van der Waals surface area (Å²) >= 11 is 4.71. The molecule has 2 unspecified atom stereocenters. The fraction of sp³-hybridized carbons (Fsp3) is 0.304. The molecule has 0 fully saturated rings. The minimum atomic E-state index is -0.677. The fourth-order valence-electron chi connectivity index (χ4n) is 2.98. The Morgan fingerprint density at radius 3 is 2.32 bits per heavy atom. The maximum absolute atomic E-state index is 13.0. The van der Waals surface area contributed by atoms with E-state index in [1.165, 1.54) is 11.3 Å². The molecule has 1 aromatic heterocycles. The normalized spacial score (nSPS) is 12.8. The van der Waals surface area contributed by atoms with Gasteiger partial charge in [0.15, 0.2) is 0 Å². The smallest absolute Gasteiger partial charge is 0.251 e. The van der Waals surface area contributed by atoms with Gasteiger partial charge in [-0.25, -0.2) is 0 Å². The molecule has 0 aliphatic carbocycles. The van der Waals surface area contributed by atoms with Gasteiger partial charge in [0.2, 0.25) is 11.0 Å². The Hall–Kier alpha value is -2.58. The van der Waals surface area contributed by atoms with E-state index in [0.29, 0.717) is 15.7 Å². The Kier molecular flexibility index (Phi) is 7.92. The predicted octanol–water partition coefficient (Wildman–Crippen LogP) is 5.31. The number of hydrogen-bond acceptors (Lipinski definition) is 5. The average molecular weight is 501 g/mol. The molecule has 2 amide bonds. The number of aryl methyl sites for hydroxylation is 1. The summed E-state index contributed by atoms with van der Waals surface area (Å²) in [4.78, 5) is 25.7. The maximum atomic E-state index is 13.0. The van der Waals surface area contributed by atoms with Gasteiger partial charge in [-0.05, 0) is 42.2 Å². The highest BCUT2D eigenvalue weighted by atomic mass is 79.9. The van der Waals surface area contributed by atoms with Gasteiger partial charge in [0.05, 0.1) is 0 Å². The summed E-state index contributed by atoms with van der Waals surface area (Å²) < 4.78 is 0.978. The first-order chi connectivity index (χ1) is 14.9. The second kappa shape index (κ2) is 10.6. The van der Waals surface area contributed by atoms with Crippen LogP contribution in [0.5, 0.6) is 0 Å². The molecule has 8 heteroatoms. The van der Waals surface area contributed by atoms with Crippen molar-refractivity contribution in [3.8, 4) is 10.6 Å². The van der Waals surface area contributed by atoms with Crippen LogP contribution in [0.25, 0.3) is 10.6 Å². The third-order valence-electron chi connectivity index (χ3n) is 5.15. The van der Waals surface area contributed by atoms with Gasteiger partial charge in [0.1, 0.15) is 11.0 Å². The van der Waals surface area contributed by atoms with Gasteiger partial charge < -0.3 is 5.32 Å². The van der Waals surface area contributed by atoms with E-state index in [9.17, 15) is 9.59 Å². The molecule has 2 aromatic carbocycles. The standard InChI is InChI=1S/C23H25BrN4O2S/c1-4-14(3)19(25-20(29)16-8-6-15(5-2)7-9-16)21(30)26-23-28-27-22(31-23)17-10-12-18(24)13-11-17/h6-14,19H,4-5H2,1-3H3,(H,25,29)(H,26,28,30). The number of benzene rings is 2. The van der Waals surface area contributed by atoms with Crippen molar-refractivity contribution in [1.29, 1.82) is 0 Å². The quantitative estimate of drug-likeness (QED) is 0.438. The van der Waals surface area contributed by atoms with Crippen LogP contribution in [-0.4, -0.2) is 28.1 Å². The molecule has 0 bridgehead atoms. The largest absolute Gasteiger partial charge is 0.340 e. The van der Waals surface area contributed by atoms with E-state index in [4.69, 9.17) is 0 Å². The third-order valence-corrected chi connectivity index (χ3v) is 6.57. The molecule has 3 aromatic rings. The first kappa shape index (κ1) is 23.1. The van der Waals surface area contributed by atoms with Crippen LogP contribution in [0.1, 0.15) is 43.1 Å². The van der Waals surface area contributed by atoms with Crippen LogP contribution in [0.15, 0.2) is 53.0 Å². The molecule has 1 heterocycles. The number of aromatic nitrogens is 2. The van der Waals surface area contributed by atoms with E-state index in [2.05, 4.69) is 43.7 Å². The van der Waals surface area contributed by atoms with Gasteiger partial charge in [-0.2, -0.15) is 0 Å². The molecule has 2 N–H and O–H groups in total. The van der Waals surface area contributed by atoms with Crippen molar-refractivity contribution < 1.29 is 9.59 Å². The zero-order chi connectivity index (χ0) is 22.4. The van der Waals surface area contributed by atoms with E-state index in [1.807, 2.05) is 50.2 Å². The number of carbonyl (C=O) groups is 2. The lowest BCUT2D eigenvalue weighted by atomic mass is 9.98. The molecule has 0 aliphatic heterocycles. The topological polar surface area (TPSA) is 84.0 Å². The second-order valence-electron chi connectivity index (χ2n) is 7.30. The first-order valence-electron chi connectivity index (χ1n) is 10.2. The highest BCUT2D eigenvalue weighted by Gasteiger charge is 2.27. The van der Waals surface area contributed by atoms with Crippen LogP contribution in [0.2, 0.25) is 0 Å². The van der Waals surface area contributed by atoms with Gasteiger partial charge in [-0.3, -0.25) is 14.9 Å². The number of anilines is 1. The fourth-order valence-corrected chi connectivity index (χ4v) is 4.00. The number of amides is 2. The van der Waals surface area contributed by atoms with Crippen molar-refractivity contribution in [2.45, 2.75) is 39.7 Å². The lowest BCUT2D eigenvalue weighted by molar-refractivity contribution is -0.119. The van der Waals surface area contributed by atoms with Crippen LogP contribution in [0.3, 0.4) is 0 Å². The Balaban J connectivity index is 1.71.